The maximum Gasteiger partial charge on any atom is 0.472 e. The summed E-state index contributed by atoms with van der Waals surface area (Å²) in [5, 5.41) is 10.6. The van der Waals surface area contributed by atoms with E-state index in [0.29, 0.717) is 25.7 Å². The molecule has 540 valence electrons. The number of carbonyl (C=O) groups is 4. The van der Waals surface area contributed by atoms with E-state index in [4.69, 9.17) is 37.0 Å². The van der Waals surface area contributed by atoms with Crippen molar-refractivity contribution < 1.29 is 80.2 Å². The zero-order valence-electron chi connectivity index (χ0n) is 59.5. The maximum atomic E-state index is 13.0. The molecule has 0 saturated heterocycles. The number of carbonyl (C=O) groups excluding carboxylic acids is 4. The van der Waals surface area contributed by atoms with E-state index in [9.17, 15) is 43.2 Å². The second kappa shape index (κ2) is 61.6. The van der Waals surface area contributed by atoms with E-state index >= 15 is 0 Å². The Hall–Kier alpha value is -1.94. The lowest BCUT2D eigenvalue weighted by Gasteiger charge is -2.21. The van der Waals surface area contributed by atoms with Crippen molar-refractivity contribution in [1.82, 2.24) is 0 Å². The Morgan fingerprint density at radius 2 is 0.527 bits per heavy atom. The smallest absolute Gasteiger partial charge is 0.462 e. The molecule has 0 bridgehead atoms. The van der Waals surface area contributed by atoms with Crippen molar-refractivity contribution in [3.05, 3.63) is 0 Å². The second-order valence-electron chi connectivity index (χ2n) is 27.4. The molecule has 17 nitrogen and oxygen atoms in total. The van der Waals surface area contributed by atoms with Gasteiger partial charge >= 0.3 is 39.5 Å². The minimum atomic E-state index is -4.95. The highest BCUT2D eigenvalue weighted by molar-refractivity contribution is 7.47. The van der Waals surface area contributed by atoms with E-state index in [1.54, 1.807) is 0 Å². The molecule has 0 fully saturated rings. The van der Waals surface area contributed by atoms with Crippen molar-refractivity contribution >= 4 is 39.5 Å². The van der Waals surface area contributed by atoms with Gasteiger partial charge < -0.3 is 33.8 Å². The average Bonchev–Trinajstić information content (AvgIpc) is 3.73. The lowest BCUT2D eigenvalue weighted by atomic mass is 10.00. The number of hydrogen-bond donors (Lipinski definition) is 3. The first-order valence-corrected chi connectivity index (χ1v) is 40.3. The van der Waals surface area contributed by atoms with Crippen LogP contribution in [0.4, 0.5) is 0 Å². The average molecular weight is 1340 g/mol. The molecule has 0 aromatic heterocycles. The summed E-state index contributed by atoms with van der Waals surface area (Å²) >= 11 is 0. The van der Waals surface area contributed by atoms with Gasteiger partial charge in [-0.1, -0.05) is 306 Å². The lowest BCUT2D eigenvalue weighted by Crippen LogP contribution is -2.30. The van der Waals surface area contributed by atoms with Crippen molar-refractivity contribution in [2.45, 2.75) is 375 Å². The third-order valence-electron chi connectivity index (χ3n) is 17.3. The molecule has 0 spiro atoms. The number of aliphatic hydroxyl groups is 1. The predicted octanol–water partition coefficient (Wildman–Crippen LogP) is 20.5. The third-order valence-corrected chi connectivity index (χ3v) is 19.2. The van der Waals surface area contributed by atoms with E-state index in [-0.39, 0.29) is 25.7 Å². The number of unbranched alkanes of at least 4 members (excludes halogenated alkanes) is 33. The summed E-state index contributed by atoms with van der Waals surface area (Å²) in [5.41, 5.74) is 0. The van der Waals surface area contributed by atoms with Crippen LogP contribution in [0.1, 0.15) is 357 Å². The quantitative estimate of drug-likeness (QED) is 0.0222. The third kappa shape index (κ3) is 63.9. The molecular formula is C72H140O17P2. The number of ether oxygens (including phenoxy) is 4. The topological polar surface area (TPSA) is 237 Å². The standard InChI is InChI=1S/C72H140O17P2/c1-9-64(7)50-42-34-28-30-37-45-53-70(75)83-59-67(88-71(76)54-46-38-27-23-19-21-25-33-41-49-63(5)6)60-86-90(78,79)84-56-66(73)57-85-91(80,81)87-61-68(89-72(77)55-47-39-31-29-35-43-51-65(8)10-2)58-82-69(74)52-44-36-26-22-18-16-14-12-11-13-15-17-20-24-32-40-48-62(3)4/h62-68,73H,9-61H2,1-8H3,(H,78,79)(H,80,81)/t64?,65?,66-,67+,68+/m0/s1. The molecule has 91 heavy (non-hydrogen) atoms. The first-order valence-electron chi connectivity index (χ1n) is 37.3. The maximum absolute atomic E-state index is 13.0. The van der Waals surface area contributed by atoms with Crippen LogP contribution in [-0.2, 0) is 65.4 Å². The van der Waals surface area contributed by atoms with Crippen LogP contribution < -0.4 is 0 Å². The molecule has 0 aromatic carbocycles. The van der Waals surface area contributed by atoms with E-state index in [2.05, 4.69) is 55.4 Å². The Morgan fingerprint density at radius 1 is 0.308 bits per heavy atom. The van der Waals surface area contributed by atoms with Gasteiger partial charge in [0.05, 0.1) is 26.4 Å². The Morgan fingerprint density at radius 3 is 0.780 bits per heavy atom. The van der Waals surface area contributed by atoms with Crippen molar-refractivity contribution in [2.75, 3.05) is 39.6 Å². The monoisotopic (exact) mass is 1340 g/mol. The first-order chi connectivity index (χ1) is 43.7. The molecular weight excluding hydrogens is 1200 g/mol. The van der Waals surface area contributed by atoms with Gasteiger partial charge in [0.2, 0.25) is 0 Å². The minimum absolute atomic E-state index is 0.103. The highest BCUT2D eigenvalue weighted by atomic mass is 31.2. The van der Waals surface area contributed by atoms with E-state index in [1.165, 1.54) is 154 Å². The Kier molecular flexibility index (Phi) is 60.3. The molecule has 0 aliphatic rings. The number of esters is 4. The van der Waals surface area contributed by atoms with Gasteiger partial charge in [-0.3, -0.25) is 37.3 Å². The van der Waals surface area contributed by atoms with Crippen LogP contribution in [0.15, 0.2) is 0 Å². The summed E-state index contributed by atoms with van der Waals surface area (Å²) in [6.07, 6.45) is 44.6. The van der Waals surface area contributed by atoms with Gasteiger partial charge in [-0.25, -0.2) is 9.13 Å². The molecule has 3 N–H and O–H groups in total. The molecule has 0 rings (SSSR count). The van der Waals surface area contributed by atoms with Gasteiger partial charge in [0.25, 0.3) is 0 Å². The number of rotatable bonds is 69. The van der Waals surface area contributed by atoms with Crippen molar-refractivity contribution in [1.29, 1.82) is 0 Å². The van der Waals surface area contributed by atoms with Gasteiger partial charge in [0, 0.05) is 25.7 Å². The molecule has 0 aliphatic carbocycles. The first kappa shape index (κ1) is 89.1. The fourth-order valence-electron chi connectivity index (χ4n) is 10.8. The van der Waals surface area contributed by atoms with E-state index in [1.807, 2.05) is 0 Å². The Labute approximate surface area is 556 Å². The van der Waals surface area contributed by atoms with Crippen molar-refractivity contribution in [2.24, 2.45) is 23.7 Å². The highest BCUT2D eigenvalue weighted by Crippen LogP contribution is 2.45. The van der Waals surface area contributed by atoms with Gasteiger partial charge in [-0.2, -0.15) is 0 Å². The molecule has 0 amide bonds. The fourth-order valence-corrected chi connectivity index (χ4v) is 12.4. The van der Waals surface area contributed by atoms with Crippen LogP contribution in [0.5, 0.6) is 0 Å². The summed E-state index contributed by atoms with van der Waals surface area (Å²) in [6.45, 7) is 14.1. The largest absolute Gasteiger partial charge is 0.472 e. The zero-order valence-corrected chi connectivity index (χ0v) is 61.3. The highest BCUT2D eigenvalue weighted by Gasteiger charge is 2.30. The van der Waals surface area contributed by atoms with Crippen molar-refractivity contribution in [3.63, 3.8) is 0 Å². The number of hydrogen-bond acceptors (Lipinski definition) is 15. The molecule has 0 heterocycles. The number of phosphoric acid groups is 2. The molecule has 0 saturated carbocycles. The van der Waals surface area contributed by atoms with Crippen LogP contribution in [-0.4, -0.2) is 96.7 Å². The fraction of sp³-hybridized carbons (Fsp3) is 0.944. The van der Waals surface area contributed by atoms with Gasteiger partial charge in [-0.15, -0.1) is 0 Å². The van der Waals surface area contributed by atoms with Crippen LogP contribution in [0, 0.1) is 23.7 Å². The predicted molar refractivity (Wildman–Crippen MR) is 367 cm³/mol. The summed E-state index contributed by atoms with van der Waals surface area (Å²) < 4.78 is 68.3. The zero-order chi connectivity index (χ0) is 67.5. The minimum Gasteiger partial charge on any atom is -0.462 e. The number of phosphoric ester groups is 2. The molecule has 0 aromatic rings. The molecule has 0 aliphatic heterocycles. The summed E-state index contributed by atoms with van der Waals surface area (Å²) in [7, 11) is -9.90. The van der Waals surface area contributed by atoms with Gasteiger partial charge in [0.15, 0.2) is 12.2 Å². The van der Waals surface area contributed by atoms with Crippen LogP contribution in [0.3, 0.4) is 0 Å². The summed E-state index contributed by atoms with van der Waals surface area (Å²) in [4.78, 5) is 72.6. The molecule has 4 unspecified atom stereocenters. The van der Waals surface area contributed by atoms with E-state index < -0.39 is 97.5 Å². The van der Waals surface area contributed by atoms with Crippen LogP contribution in [0.2, 0.25) is 0 Å². The van der Waals surface area contributed by atoms with Crippen LogP contribution in [0.25, 0.3) is 0 Å². The summed E-state index contributed by atoms with van der Waals surface area (Å²) in [6, 6.07) is 0. The second-order valence-corrected chi connectivity index (χ2v) is 30.3. The van der Waals surface area contributed by atoms with Crippen molar-refractivity contribution in [3.8, 4) is 0 Å². The molecule has 0 radical (unpaired) electrons. The normalized spacial score (nSPS) is 14.8. The Balaban J connectivity index is 5.18. The lowest BCUT2D eigenvalue weighted by molar-refractivity contribution is -0.161. The van der Waals surface area contributed by atoms with E-state index in [0.717, 1.165) is 120 Å². The summed E-state index contributed by atoms with van der Waals surface area (Å²) in [5.74, 6) is 0.869. The SMILES string of the molecule is CCC(C)CCCCCCCCC(=O)OC[C@H](COP(=O)(O)OC[C@H](O)COP(=O)(O)OC[C@@H](COC(=O)CCCCCCCCCCCCCCCCCCC(C)C)OC(=O)CCCCCCCCC(C)CC)OC(=O)CCCCCCCCCCCC(C)C. The van der Waals surface area contributed by atoms with Crippen LogP contribution >= 0.6 is 15.6 Å². The number of aliphatic hydroxyl groups excluding tert-OH is 1. The van der Waals surface area contributed by atoms with Gasteiger partial charge in [0.1, 0.15) is 19.3 Å². The molecule has 7 atom stereocenters. The Bertz CT molecular complexity index is 1800. The molecule has 19 heteroatoms. The van der Waals surface area contributed by atoms with Gasteiger partial charge in [-0.05, 0) is 49.4 Å².